The van der Waals surface area contributed by atoms with Gasteiger partial charge in [0.2, 0.25) is 0 Å². The molecule has 2 aromatic carbocycles. The highest BCUT2D eigenvalue weighted by Crippen LogP contribution is 2.37. The van der Waals surface area contributed by atoms with Gasteiger partial charge in [-0.3, -0.25) is 0 Å². The van der Waals surface area contributed by atoms with Crippen molar-refractivity contribution < 1.29 is 9.47 Å². The van der Waals surface area contributed by atoms with E-state index in [2.05, 4.69) is 44.9 Å². The van der Waals surface area contributed by atoms with Crippen LogP contribution in [0.3, 0.4) is 0 Å². The van der Waals surface area contributed by atoms with E-state index in [9.17, 15) is 0 Å². The number of rotatable bonds is 5. The fraction of sp³-hybridized carbons (Fsp3) is 0.300. The maximum atomic E-state index is 5.46. The van der Waals surface area contributed by atoms with Gasteiger partial charge in [0.25, 0.3) is 0 Å². The summed E-state index contributed by atoms with van der Waals surface area (Å²) in [5.74, 6) is 2.90. The van der Waals surface area contributed by atoms with Gasteiger partial charge in [0.15, 0.2) is 11.5 Å². The van der Waals surface area contributed by atoms with Crippen LogP contribution in [0.15, 0.2) is 40.9 Å². The molecule has 0 radical (unpaired) electrons. The van der Waals surface area contributed by atoms with Crippen LogP contribution in [0, 0.1) is 6.92 Å². The maximum Gasteiger partial charge on any atom is 0.162 e. The molecule has 0 unspecified atom stereocenters. The van der Waals surface area contributed by atoms with E-state index < -0.39 is 0 Å². The average molecular weight is 416 g/mol. The molecule has 3 aromatic rings. The van der Waals surface area contributed by atoms with E-state index in [-0.39, 0.29) is 6.04 Å². The van der Waals surface area contributed by atoms with Crippen molar-refractivity contribution in [3.63, 3.8) is 0 Å². The zero-order valence-electron chi connectivity index (χ0n) is 15.6. The van der Waals surface area contributed by atoms with E-state index in [1.165, 1.54) is 5.56 Å². The summed E-state index contributed by atoms with van der Waals surface area (Å²) in [5.41, 5.74) is 2.03. The van der Waals surface area contributed by atoms with E-state index in [4.69, 9.17) is 14.5 Å². The van der Waals surface area contributed by atoms with Crippen LogP contribution in [-0.2, 0) is 0 Å². The van der Waals surface area contributed by atoms with Crippen molar-refractivity contribution in [2.45, 2.75) is 19.9 Å². The molecule has 136 valence electrons. The van der Waals surface area contributed by atoms with Crippen LogP contribution in [-0.4, -0.2) is 31.2 Å². The van der Waals surface area contributed by atoms with E-state index in [0.29, 0.717) is 17.3 Å². The van der Waals surface area contributed by atoms with Gasteiger partial charge in [0, 0.05) is 23.0 Å². The van der Waals surface area contributed by atoms with Crippen LogP contribution < -0.4 is 14.4 Å². The Kier molecular flexibility index (Phi) is 5.32. The van der Waals surface area contributed by atoms with E-state index in [0.717, 1.165) is 21.2 Å². The smallest absolute Gasteiger partial charge is 0.162 e. The van der Waals surface area contributed by atoms with E-state index in [1.807, 2.05) is 38.2 Å². The molecule has 3 rings (SSSR count). The summed E-state index contributed by atoms with van der Waals surface area (Å²) in [6, 6.07) is 12.3. The van der Waals surface area contributed by atoms with Gasteiger partial charge in [-0.15, -0.1) is 0 Å². The minimum Gasteiger partial charge on any atom is -0.493 e. The Bertz CT molecular complexity index is 946. The summed E-state index contributed by atoms with van der Waals surface area (Å²) in [6.07, 6.45) is 0. The monoisotopic (exact) mass is 415 g/mol. The van der Waals surface area contributed by atoms with Gasteiger partial charge in [-0.05, 0) is 37.6 Å². The SMILES string of the molecule is COc1cc2nc(C)nc(N(C)[C@H](C)c3cccc(Br)c3)c2cc1OC. The Morgan fingerprint density at radius 1 is 1.04 bits per heavy atom. The molecule has 0 amide bonds. The average Bonchev–Trinajstić information content (AvgIpc) is 2.65. The highest BCUT2D eigenvalue weighted by molar-refractivity contribution is 9.10. The molecule has 1 aromatic heterocycles. The highest BCUT2D eigenvalue weighted by atomic mass is 79.9. The lowest BCUT2D eigenvalue weighted by molar-refractivity contribution is 0.355. The third-order valence-electron chi connectivity index (χ3n) is 4.54. The topological polar surface area (TPSA) is 47.5 Å². The summed E-state index contributed by atoms with van der Waals surface area (Å²) in [4.78, 5) is 11.4. The molecule has 0 saturated heterocycles. The van der Waals surface area contributed by atoms with Crippen molar-refractivity contribution in [2.75, 3.05) is 26.2 Å². The van der Waals surface area contributed by atoms with Gasteiger partial charge in [-0.2, -0.15) is 0 Å². The molecule has 0 saturated carbocycles. The third kappa shape index (κ3) is 3.46. The molecule has 26 heavy (non-hydrogen) atoms. The number of nitrogens with zero attached hydrogens (tertiary/aromatic N) is 3. The lowest BCUT2D eigenvalue weighted by atomic mass is 10.1. The fourth-order valence-corrected chi connectivity index (χ4v) is 3.41. The number of aryl methyl sites for hydroxylation is 1. The molecule has 0 bridgehead atoms. The molecule has 6 heteroatoms. The first kappa shape index (κ1) is 18.5. The Morgan fingerprint density at radius 3 is 2.38 bits per heavy atom. The Morgan fingerprint density at radius 2 is 1.73 bits per heavy atom. The summed E-state index contributed by atoms with van der Waals surface area (Å²) >= 11 is 3.55. The number of fused-ring (bicyclic) bond motifs is 1. The summed E-state index contributed by atoms with van der Waals surface area (Å²) in [6.45, 7) is 4.06. The summed E-state index contributed by atoms with van der Waals surface area (Å²) < 4.78 is 11.9. The number of anilines is 1. The van der Waals surface area contributed by atoms with Gasteiger partial charge in [0.1, 0.15) is 11.6 Å². The quantitative estimate of drug-likeness (QED) is 0.591. The first-order valence-corrected chi connectivity index (χ1v) is 9.12. The van der Waals surface area contributed by atoms with Crippen molar-refractivity contribution in [3.05, 3.63) is 52.3 Å². The van der Waals surface area contributed by atoms with Crippen LogP contribution in [0.1, 0.15) is 24.4 Å². The Balaban J connectivity index is 2.13. The van der Waals surface area contributed by atoms with E-state index >= 15 is 0 Å². The number of ether oxygens (including phenoxy) is 2. The van der Waals surface area contributed by atoms with Crippen molar-refractivity contribution in [1.82, 2.24) is 9.97 Å². The molecular formula is C20H22BrN3O2. The maximum absolute atomic E-state index is 5.46. The fourth-order valence-electron chi connectivity index (χ4n) is 3.00. The predicted octanol–water partition coefficient (Wildman–Crippen LogP) is 4.92. The lowest BCUT2D eigenvalue weighted by Gasteiger charge is -2.28. The Hall–Kier alpha value is -2.34. The van der Waals surface area contributed by atoms with E-state index in [1.54, 1.807) is 14.2 Å². The number of aromatic nitrogens is 2. The molecular weight excluding hydrogens is 394 g/mol. The van der Waals surface area contributed by atoms with Crippen LogP contribution in [0.2, 0.25) is 0 Å². The van der Waals surface area contributed by atoms with Gasteiger partial charge in [-0.1, -0.05) is 28.1 Å². The second-order valence-electron chi connectivity index (χ2n) is 6.16. The molecule has 1 atom stereocenters. The molecule has 0 N–H and O–H groups in total. The van der Waals surface area contributed by atoms with Crippen molar-refractivity contribution in [3.8, 4) is 11.5 Å². The van der Waals surface area contributed by atoms with Gasteiger partial charge in [0.05, 0.1) is 25.8 Å². The molecule has 5 nitrogen and oxygen atoms in total. The molecule has 0 aliphatic heterocycles. The molecule has 0 fully saturated rings. The largest absolute Gasteiger partial charge is 0.493 e. The standard InChI is InChI=1S/C20H22BrN3O2/c1-12(14-7-6-8-15(21)9-14)24(3)20-16-10-18(25-4)19(26-5)11-17(16)22-13(2)23-20/h6-12H,1-5H3/t12-/m1/s1. The second-order valence-corrected chi connectivity index (χ2v) is 7.08. The summed E-state index contributed by atoms with van der Waals surface area (Å²) in [7, 11) is 5.30. The van der Waals surface area contributed by atoms with Crippen LogP contribution in [0.5, 0.6) is 11.5 Å². The normalized spacial score (nSPS) is 12.1. The van der Waals surface area contributed by atoms with Crippen molar-refractivity contribution in [2.24, 2.45) is 0 Å². The molecule has 1 heterocycles. The number of hydrogen-bond donors (Lipinski definition) is 0. The number of methoxy groups -OCH3 is 2. The first-order chi connectivity index (χ1) is 12.4. The number of hydrogen-bond acceptors (Lipinski definition) is 5. The van der Waals surface area contributed by atoms with Crippen LogP contribution in [0.4, 0.5) is 5.82 Å². The minimum atomic E-state index is 0.137. The Labute approximate surface area is 162 Å². The molecule has 0 aliphatic rings. The van der Waals surface area contributed by atoms with Gasteiger partial charge >= 0.3 is 0 Å². The molecule has 0 aliphatic carbocycles. The van der Waals surface area contributed by atoms with Crippen LogP contribution >= 0.6 is 15.9 Å². The molecule has 0 spiro atoms. The predicted molar refractivity (Wildman–Crippen MR) is 108 cm³/mol. The number of benzene rings is 2. The first-order valence-electron chi connectivity index (χ1n) is 8.33. The highest BCUT2D eigenvalue weighted by Gasteiger charge is 2.19. The third-order valence-corrected chi connectivity index (χ3v) is 5.03. The zero-order chi connectivity index (χ0) is 18.8. The number of halogens is 1. The minimum absolute atomic E-state index is 0.137. The zero-order valence-corrected chi connectivity index (χ0v) is 17.2. The van der Waals surface area contributed by atoms with Crippen molar-refractivity contribution in [1.29, 1.82) is 0 Å². The van der Waals surface area contributed by atoms with Crippen LogP contribution in [0.25, 0.3) is 10.9 Å². The van der Waals surface area contributed by atoms with Gasteiger partial charge < -0.3 is 14.4 Å². The lowest BCUT2D eigenvalue weighted by Crippen LogP contribution is -2.23. The van der Waals surface area contributed by atoms with Crippen molar-refractivity contribution >= 4 is 32.7 Å². The second kappa shape index (κ2) is 7.50. The van der Waals surface area contributed by atoms with Gasteiger partial charge in [-0.25, -0.2) is 9.97 Å². The summed E-state index contributed by atoms with van der Waals surface area (Å²) in [5, 5.41) is 0.928.